The Hall–Kier alpha value is -2.58. The van der Waals surface area contributed by atoms with Crippen molar-refractivity contribution in [2.75, 3.05) is 29.9 Å². The first kappa shape index (κ1) is 20.7. The van der Waals surface area contributed by atoms with Crippen molar-refractivity contribution in [3.8, 4) is 0 Å². The average molecular weight is 443 g/mol. The molecule has 0 aliphatic carbocycles. The number of carbonyl (C=O) groups is 2. The maximum atomic E-state index is 12.7. The molecule has 2 amide bonds. The van der Waals surface area contributed by atoms with Crippen LogP contribution in [-0.4, -0.2) is 49.7 Å². The summed E-state index contributed by atoms with van der Waals surface area (Å²) in [5, 5.41) is 2.70. The fourth-order valence-electron chi connectivity index (χ4n) is 3.56. The highest BCUT2D eigenvalue weighted by molar-refractivity contribution is 8.00. The van der Waals surface area contributed by atoms with Gasteiger partial charge in [-0.2, -0.15) is 0 Å². The molecular weight excluding hydrogens is 420 g/mol. The van der Waals surface area contributed by atoms with Gasteiger partial charge in [-0.3, -0.25) is 9.59 Å². The second kappa shape index (κ2) is 8.65. The van der Waals surface area contributed by atoms with E-state index < -0.39 is 9.84 Å². The summed E-state index contributed by atoms with van der Waals surface area (Å²) in [5.74, 6) is -0.240. The van der Waals surface area contributed by atoms with Crippen LogP contribution in [0.2, 0.25) is 0 Å². The second-order valence-electron chi connectivity index (χ2n) is 7.25. The zero-order valence-electron chi connectivity index (χ0n) is 16.3. The maximum Gasteiger partial charge on any atom is 0.234 e. The van der Waals surface area contributed by atoms with Gasteiger partial charge in [-0.1, -0.05) is 36.4 Å². The van der Waals surface area contributed by atoms with Gasteiger partial charge in [-0.15, -0.1) is 11.8 Å². The molecule has 2 aliphatic rings. The lowest BCUT2D eigenvalue weighted by Gasteiger charge is -2.26. The minimum atomic E-state index is -3.62. The van der Waals surface area contributed by atoms with Crippen LogP contribution in [0.15, 0.2) is 64.4 Å². The lowest BCUT2D eigenvalue weighted by atomic mass is 9.99. The highest BCUT2D eigenvalue weighted by Gasteiger charge is 2.24. The quantitative estimate of drug-likeness (QED) is 0.769. The summed E-state index contributed by atoms with van der Waals surface area (Å²) < 4.78 is 25.4. The number of hydrogen-bond acceptors (Lipinski definition) is 5. The van der Waals surface area contributed by atoms with E-state index in [4.69, 9.17) is 0 Å². The molecule has 0 fully saturated rings. The molecule has 0 aromatic heterocycles. The monoisotopic (exact) mass is 442 g/mol. The van der Waals surface area contributed by atoms with Crippen molar-refractivity contribution in [3.63, 3.8) is 0 Å². The molecule has 2 heterocycles. The summed E-state index contributed by atoms with van der Waals surface area (Å²) in [6, 6.07) is 14.8. The number of carbonyl (C=O) groups excluding carboxylic acids is 2. The smallest absolute Gasteiger partial charge is 0.234 e. The van der Waals surface area contributed by atoms with Gasteiger partial charge in [-0.25, -0.2) is 8.42 Å². The predicted octanol–water partition coefficient (Wildman–Crippen LogP) is 3.21. The lowest BCUT2D eigenvalue weighted by Crippen LogP contribution is -2.35. The average Bonchev–Trinajstić information content (AvgIpc) is 2.77. The first-order chi connectivity index (χ1) is 14.4. The van der Waals surface area contributed by atoms with Crippen LogP contribution in [0.5, 0.6) is 0 Å². The Bertz CT molecular complexity index is 1110. The molecule has 6 nitrogen and oxygen atoms in total. The van der Waals surface area contributed by atoms with E-state index in [1.165, 1.54) is 23.4 Å². The largest absolute Gasteiger partial charge is 0.339 e. The first-order valence-corrected chi connectivity index (χ1v) is 12.4. The van der Waals surface area contributed by atoms with Crippen molar-refractivity contribution in [1.82, 2.24) is 4.90 Å². The van der Waals surface area contributed by atoms with E-state index in [1.807, 2.05) is 24.3 Å². The number of amides is 2. The number of rotatable bonds is 5. The lowest BCUT2D eigenvalue weighted by molar-refractivity contribution is -0.130. The van der Waals surface area contributed by atoms with Gasteiger partial charge in [0, 0.05) is 24.4 Å². The molecule has 0 spiro atoms. The summed E-state index contributed by atoms with van der Waals surface area (Å²) in [6.45, 7) is 1.08. The number of hydrogen-bond donors (Lipinski definition) is 1. The van der Waals surface area contributed by atoms with Gasteiger partial charge in [0.15, 0.2) is 9.84 Å². The van der Waals surface area contributed by atoms with E-state index in [2.05, 4.69) is 17.4 Å². The topological polar surface area (TPSA) is 83.5 Å². The molecule has 0 atom stereocenters. The minimum Gasteiger partial charge on any atom is -0.339 e. The van der Waals surface area contributed by atoms with Crippen LogP contribution >= 0.6 is 11.8 Å². The third-order valence-electron chi connectivity index (χ3n) is 5.23. The molecule has 2 aromatic rings. The molecule has 0 saturated heterocycles. The number of benzene rings is 2. The number of nitrogens with zero attached hydrogens (tertiary/aromatic N) is 1. The van der Waals surface area contributed by atoms with Crippen LogP contribution < -0.4 is 5.32 Å². The molecular formula is C22H22N2O4S2. The first-order valence-electron chi connectivity index (χ1n) is 9.74. The van der Waals surface area contributed by atoms with E-state index in [0.29, 0.717) is 24.5 Å². The van der Waals surface area contributed by atoms with Gasteiger partial charge in [0.05, 0.1) is 22.1 Å². The Labute approximate surface area is 180 Å². The normalized spacial score (nSPS) is 16.5. The van der Waals surface area contributed by atoms with Crippen molar-refractivity contribution >= 4 is 44.7 Å². The van der Waals surface area contributed by atoms with Crippen molar-refractivity contribution in [1.29, 1.82) is 0 Å². The maximum absolute atomic E-state index is 12.7. The Kier molecular flexibility index (Phi) is 5.97. The zero-order valence-corrected chi connectivity index (χ0v) is 18.0. The van der Waals surface area contributed by atoms with Crippen LogP contribution in [0.25, 0.3) is 5.57 Å². The molecule has 8 heteroatoms. The molecule has 30 heavy (non-hydrogen) atoms. The van der Waals surface area contributed by atoms with Gasteiger partial charge < -0.3 is 10.2 Å². The van der Waals surface area contributed by atoms with E-state index >= 15 is 0 Å². The van der Waals surface area contributed by atoms with Crippen molar-refractivity contribution in [3.05, 3.63) is 60.2 Å². The third-order valence-corrected chi connectivity index (χ3v) is 8.02. The summed E-state index contributed by atoms with van der Waals surface area (Å²) in [7, 11) is -3.62. The highest BCUT2D eigenvalue weighted by Crippen LogP contribution is 2.33. The molecule has 2 aliphatic heterocycles. The summed E-state index contributed by atoms with van der Waals surface area (Å²) >= 11 is 1.38. The SMILES string of the molecule is O=C1CSc2ccc(S(=O)(=O)CCC(=O)N3CC=C(c4ccccc4)CC3)cc2N1. The van der Waals surface area contributed by atoms with Gasteiger partial charge in [-0.05, 0) is 35.8 Å². The van der Waals surface area contributed by atoms with E-state index in [0.717, 1.165) is 16.9 Å². The molecule has 0 bridgehead atoms. The highest BCUT2D eigenvalue weighted by atomic mass is 32.2. The Morgan fingerprint density at radius 2 is 1.93 bits per heavy atom. The molecule has 156 valence electrons. The summed E-state index contributed by atoms with van der Waals surface area (Å²) in [6.07, 6.45) is 2.73. The van der Waals surface area contributed by atoms with Crippen molar-refractivity contribution in [2.45, 2.75) is 22.6 Å². The Balaban J connectivity index is 1.37. The fourth-order valence-corrected chi connectivity index (χ4v) is 5.60. The molecule has 0 radical (unpaired) electrons. The number of sulfone groups is 1. The second-order valence-corrected chi connectivity index (χ2v) is 10.4. The van der Waals surface area contributed by atoms with Crippen LogP contribution in [0, 0.1) is 0 Å². The minimum absolute atomic E-state index is 0.0605. The van der Waals surface area contributed by atoms with Crippen LogP contribution in [0.3, 0.4) is 0 Å². The van der Waals surface area contributed by atoms with Crippen LogP contribution in [0.1, 0.15) is 18.4 Å². The number of nitrogens with one attached hydrogen (secondary N) is 1. The van der Waals surface area contributed by atoms with E-state index in [1.54, 1.807) is 17.0 Å². The fraction of sp³-hybridized carbons (Fsp3) is 0.273. The summed E-state index contributed by atoms with van der Waals surface area (Å²) in [4.78, 5) is 26.8. The molecule has 1 N–H and O–H groups in total. The summed E-state index contributed by atoms with van der Waals surface area (Å²) in [5.41, 5.74) is 2.88. The number of thioether (sulfide) groups is 1. The van der Waals surface area contributed by atoms with Crippen LogP contribution in [-0.2, 0) is 19.4 Å². The Morgan fingerprint density at radius 3 is 2.67 bits per heavy atom. The predicted molar refractivity (Wildman–Crippen MR) is 118 cm³/mol. The standard InChI is InChI=1S/C22H22N2O4S2/c25-21-15-29-20-7-6-18(14-19(20)23-21)30(27,28)13-10-22(26)24-11-8-17(9-12-24)16-4-2-1-3-5-16/h1-8,14H,9-13,15H2,(H,23,25). The van der Waals surface area contributed by atoms with E-state index in [9.17, 15) is 18.0 Å². The van der Waals surface area contributed by atoms with Gasteiger partial charge >= 0.3 is 0 Å². The zero-order chi connectivity index (χ0) is 21.1. The van der Waals surface area contributed by atoms with Gasteiger partial charge in [0.25, 0.3) is 0 Å². The third kappa shape index (κ3) is 4.60. The molecule has 0 saturated carbocycles. The van der Waals surface area contributed by atoms with Gasteiger partial charge in [0.1, 0.15) is 0 Å². The van der Waals surface area contributed by atoms with Gasteiger partial charge in [0.2, 0.25) is 11.8 Å². The molecule has 0 unspecified atom stereocenters. The number of fused-ring (bicyclic) bond motifs is 1. The Morgan fingerprint density at radius 1 is 1.13 bits per heavy atom. The van der Waals surface area contributed by atoms with Crippen LogP contribution in [0.4, 0.5) is 5.69 Å². The number of anilines is 1. The van der Waals surface area contributed by atoms with E-state index in [-0.39, 0.29) is 28.9 Å². The molecule has 2 aromatic carbocycles. The van der Waals surface area contributed by atoms with Crippen molar-refractivity contribution < 1.29 is 18.0 Å². The van der Waals surface area contributed by atoms with Crippen molar-refractivity contribution in [2.24, 2.45) is 0 Å². The molecule has 4 rings (SSSR count).